The molecule has 1 aromatic carbocycles. The third kappa shape index (κ3) is 3.98. The molecule has 18 heavy (non-hydrogen) atoms. The van der Waals surface area contributed by atoms with Crippen LogP contribution in [0.5, 0.6) is 5.75 Å². The third-order valence-electron chi connectivity index (χ3n) is 2.54. The smallest absolute Gasteiger partial charge is 0.210 e. The molecule has 0 saturated carbocycles. The summed E-state index contributed by atoms with van der Waals surface area (Å²) in [7, 11) is -3.85. The molecule has 1 atom stereocenters. The van der Waals surface area contributed by atoms with Crippen molar-refractivity contribution >= 4 is 9.84 Å². The summed E-state index contributed by atoms with van der Waals surface area (Å²) in [6, 6.07) is 5.84. The average Bonchev–Trinajstić information content (AvgIpc) is 2.29. The zero-order valence-electron chi connectivity index (χ0n) is 10.9. The quantitative estimate of drug-likeness (QED) is 0.800. The summed E-state index contributed by atoms with van der Waals surface area (Å²) in [5.41, 5.74) is -1.90. The topological polar surface area (TPSA) is 43.4 Å². The highest BCUT2D eigenvalue weighted by atomic mass is 32.2. The van der Waals surface area contributed by atoms with Crippen molar-refractivity contribution in [2.75, 3.05) is 6.61 Å². The molecule has 3 nitrogen and oxygen atoms in total. The second-order valence-electron chi connectivity index (χ2n) is 4.59. The van der Waals surface area contributed by atoms with Crippen LogP contribution in [-0.2, 0) is 9.84 Å². The second-order valence-corrected chi connectivity index (χ2v) is 6.80. The Morgan fingerprint density at radius 1 is 1.17 bits per heavy atom. The number of halogens is 1. The third-order valence-corrected chi connectivity index (χ3v) is 4.33. The van der Waals surface area contributed by atoms with Crippen LogP contribution in [0.25, 0.3) is 0 Å². The summed E-state index contributed by atoms with van der Waals surface area (Å²) in [5.74, 6) is 1.15. The normalized spacial score (nSPS) is 13.6. The molecule has 5 heteroatoms. The Balaban J connectivity index is 2.69. The van der Waals surface area contributed by atoms with Gasteiger partial charge in [-0.1, -0.05) is 13.8 Å². The van der Waals surface area contributed by atoms with Crippen molar-refractivity contribution in [3.8, 4) is 5.75 Å². The van der Waals surface area contributed by atoms with Crippen LogP contribution in [0.3, 0.4) is 0 Å². The van der Waals surface area contributed by atoms with Gasteiger partial charge in [0.1, 0.15) is 5.75 Å². The summed E-state index contributed by atoms with van der Waals surface area (Å²) in [4.78, 5) is -0.0197. The highest BCUT2D eigenvalue weighted by molar-refractivity contribution is 7.91. The van der Waals surface area contributed by atoms with E-state index >= 15 is 0 Å². The van der Waals surface area contributed by atoms with Gasteiger partial charge in [0.05, 0.1) is 11.5 Å². The van der Waals surface area contributed by atoms with Crippen LogP contribution < -0.4 is 4.74 Å². The van der Waals surface area contributed by atoms with Gasteiger partial charge in [0, 0.05) is 0 Å². The lowest BCUT2D eigenvalue weighted by Crippen LogP contribution is -2.12. The average molecular weight is 274 g/mol. The summed E-state index contributed by atoms with van der Waals surface area (Å²) in [5, 5.41) is 0. The number of hydrogen-bond acceptors (Lipinski definition) is 3. The van der Waals surface area contributed by atoms with Crippen LogP contribution in [0.15, 0.2) is 29.2 Å². The molecular formula is C13H19FO3S. The predicted molar refractivity (Wildman–Crippen MR) is 69.1 cm³/mol. The van der Waals surface area contributed by atoms with Gasteiger partial charge in [0.25, 0.3) is 0 Å². The molecule has 1 unspecified atom stereocenters. The molecule has 1 rings (SSSR count). The molecule has 0 bridgehead atoms. The summed E-state index contributed by atoms with van der Waals surface area (Å²) >= 11 is 0. The van der Waals surface area contributed by atoms with Crippen molar-refractivity contribution in [3.05, 3.63) is 24.3 Å². The van der Waals surface area contributed by atoms with Crippen LogP contribution in [0.4, 0.5) is 4.39 Å². The monoisotopic (exact) mass is 274 g/mol. The molecule has 0 radical (unpaired) electrons. The van der Waals surface area contributed by atoms with Gasteiger partial charge in [-0.15, -0.1) is 0 Å². The zero-order chi connectivity index (χ0) is 13.8. The van der Waals surface area contributed by atoms with Crippen molar-refractivity contribution < 1.29 is 17.5 Å². The minimum Gasteiger partial charge on any atom is -0.494 e. The van der Waals surface area contributed by atoms with E-state index in [-0.39, 0.29) is 4.90 Å². The van der Waals surface area contributed by atoms with Crippen molar-refractivity contribution in [3.63, 3.8) is 0 Å². The molecule has 0 N–H and O–H groups in total. The molecule has 0 saturated heterocycles. The molecule has 102 valence electrons. The van der Waals surface area contributed by atoms with Gasteiger partial charge < -0.3 is 4.74 Å². The summed E-state index contributed by atoms with van der Waals surface area (Å²) in [6.07, 6.45) is 0.932. The van der Waals surface area contributed by atoms with Gasteiger partial charge in [-0.3, -0.25) is 0 Å². The number of hydrogen-bond donors (Lipinski definition) is 0. The van der Waals surface area contributed by atoms with Crippen LogP contribution >= 0.6 is 0 Å². The van der Waals surface area contributed by atoms with E-state index in [1.165, 1.54) is 12.1 Å². The number of benzene rings is 1. The van der Waals surface area contributed by atoms with Gasteiger partial charge in [-0.2, -0.15) is 0 Å². The fourth-order valence-electron chi connectivity index (χ4n) is 1.33. The van der Waals surface area contributed by atoms with E-state index in [0.29, 0.717) is 18.3 Å². The molecule has 1 aromatic rings. The molecule has 0 aliphatic carbocycles. The maximum Gasteiger partial charge on any atom is 0.210 e. The zero-order valence-corrected chi connectivity index (χ0v) is 11.7. The fourth-order valence-corrected chi connectivity index (χ4v) is 2.22. The Labute approximate surface area is 108 Å². The number of rotatable bonds is 6. The van der Waals surface area contributed by atoms with Crippen LogP contribution in [-0.4, -0.2) is 20.5 Å². The van der Waals surface area contributed by atoms with E-state index in [9.17, 15) is 12.8 Å². The maximum atomic E-state index is 12.9. The van der Waals surface area contributed by atoms with Crippen LogP contribution in [0.2, 0.25) is 0 Å². The van der Waals surface area contributed by atoms with Gasteiger partial charge in [0.2, 0.25) is 15.3 Å². The van der Waals surface area contributed by atoms with Gasteiger partial charge in [-0.25, -0.2) is 12.8 Å². The minimum absolute atomic E-state index is 0.0197. The second kappa shape index (κ2) is 6.18. The lowest BCUT2D eigenvalue weighted by atomic mass is 10.1. The highest BCUT2D eigenvalue weighted by Crippen LogP contribution is 2.20. The minimum atomic E-state index is -3.85. The van der Waals surface area contributed by atoms with E-state index in [2.05, 4.69) is 13.8 Å². The van der Waals surface area contributed by atoms with Crippen molar-refractivity contribution in [2.24, 2.45) is 5.92 Å². The molecular weight excluding hydrogens is 255 g/mol. The summed E-state index contributed by atoms with van der Waals surface area (Å²) < 4.78 is 41.5. The lowest BCUT2D eigenvalue weighted by Gasteiger charge is -2.09. The van der Waals surface area contributed by atoms with Gasteiger partial charge >= 0.3 is 0 Å². The first-order valence-electron chi connectivity index (χ1n) is 5.95. The Morgan fingerprint density at radius 2 is 1.72 bits per heavy atom. The first-order chi connectivity index (χ1) is 8.34. The van der Waals surface area contributed by atoms with Gasteiger partial charge in [-0.05, 0) is 43.5 Å². The van der Waals surface area contributed by atoms with Crippen LogP contribution in [0, 0.1) is 5.92 Å². The molecule has 0 heterocycles. The van der Waals surface area contributed by atoms with E-state index < -0.39 is 15.3 Å². The summed E-state index contributed by atoms with van der Waals surface area (Å²) in [6.45, 7) is 5.80. The molecule has 0 spiro atoms. The van der Waals surface area contributed by atoms with Crippen LogP contribution in [0.1, 0.15) is 27.2 Å². The first kappa shape index (κ1) is 15.0. The van der Waals surface area contributed by atoms with E-state index in [4.69, 9.17) is 4.74 Å². The number of sulfone groups is 1. The molecule has 0 fully saturated rings. The SMILES string of the molecule is CC(C)CCOc1ccc(S(=O)(=O)C(C)F)cc1. The molecule has 0 amide bonds. The van der Waals surface area contributed by atoms with Gasteiger partial charge in [0.15, 0.2) is 0 Å². The lowest BCUT2D eigenvalue weighted by molar-refractivity contribution is 0.289. The molecule has 0 aliphatic heterocycles. The molecule has 0 aliphatic rings. The van der Waals surface area contributed by atoms with E-state index in [1.807, 2.05) is 0 Å². The Morgan fingerprint density at radius 3 is 2.17 bits per heavy atom. The van der Waals surface area contributed by atoms with Crippen molar-refractivity contribution in [1.82, 2.24) is 0 Å². The Bertz CT molecular complexity index is 464. The van der Waals surface area contributed by atoms with E-state index in [0.717, 1.165) is 13.3 Å². The Hall–Kier alpha value is -1.10. The largest absolute Gasteiger partial charge is 0.494 e. The highest BCUT2D eigenvalue weighted by Gasteiger charge is 2.22. The fraction of sp³-hybridized carbons (Fsp3) is 0.538. The van der Waals surface area contributed by atoms with Crippen molar-refractivity contribution in [2.45, 2.75) is 37.6 Å². The Kier molecular flexibility index (Phi) is 5.14. The number of alkyl halides is 1. The number of ether oxygens (including phenoxy) is 1. The molecule has 0 aromatic heterocycles. The van der Waals surface area contributed by atoms with E-state index in [1.54, 1.807) is 12.1 Å². The predicted octanol–water partition coefficient (Wildman–Crippen LogP) is 3.20. The maximum absolute atomic E-state index is 12.9. The standard InChI is InChI=1S/C13H19FO3S/c1-10(2)8-9-17-12-4-6-13(7-5-12)18(15,16)11(3)14/h4-7,10-11H,8-9H2,1-3H3. The van der Waals surface area contributed by atoms with Crippen molar-refractivity contribution in [1.29, 1.82) is 0 Å². The first-order valence-corrected chi connectivity index (χ1v) is 7.49.